The second-order valence-corrected chi connectivity index (χ2v) is 5.18. The maximum atomic E-state index is 11.7. The van der Waals surface area contributed by atoms with Gasteiger partial charge in [0.25, 0.3) is 5.91 Å². The largest absolute Gasteiger partial charge is 0.491 e. The van der Waals surface area contributed by atoms with E-state index < -0.39 is 0 Å². The molecule has 4 heteroatoms. The van der Waals surface area contributed by atoms with Gasteiger partial charge in [-0.1, -0.05) is 12.1 Å². The van der Waals surface area contributed by atoms with Gasteiger partial charge in [0.2, 0.25) is 0 Å². The molecular formula is C17H19NO3. The summed E-state index contributed by atoms with van der Waals surface area (Å²) in [4.78, 5) is 11.7. The summed E-state index contributed by atoms with van der Waals surface area (Å²) in [6.07, 6.45) is 6.20. The minimum Gasteiger partial charge on any atom is -0.491 e. The Hall–Kier alpha value is -2.23. The molecule has 0 fully saturated rings. The average molecular weight is 285 g/mol. The number of amides is 1. The summed E-state index contributed by atoms with van der Waals surface area (Å²) in [5.41, 5.74) is 2.74. The Morgan fingerprint density at radius 2 is 2.10 bits per heavy atom. The first-order chi connectivity index (χ1) is 10.3. The van der Waals surface area contributed by atoms with Crippen LogP contribution in [0.4, 0.5) is 0 Å². The molecule has 0 saturated carbocycles. The van der Waals surface area contributed by atoms with Crippen molar-refractivity contribution < 1.29 is 13.9 Å². The smallest absolute Gasteiger partial charge is 0.287 e. The van der Waals surface area contributed by atoms with Crippen molar-refractivity contribution in [2.45, 2.75) is 25.7 Å². The predicted octanol–water partition coefficient (Wildman–Crippen LogP) is 2.97. The van der Waals surface area contributed by atoms with Crippen molar-refractivity contribution in [1.29, 1.82) is 0 Å². The van der Waals surface area contributed by atoms with E-state index in [4.69, 9.17) is 9.15 Å². The molecule has 4 nitrogen and oxygen atoms in total. The van der Waals surface area contributed by atoms with E-state index in [1.54, 1.807) is 12.1 Å². The summed E-state index contributed by atoms with van der Waals surface area (Å²) in [7, 11) is 0. The molecule has 1 amide bonds. The normalized spacial score (nSPS) is 13.5. The first kappa shape index (κ1) is 13.7. The molecule has 1 heterocycles. The lowest BCUT2D eigenvalue weighted by Crippen LogP contribution is -2.27. The Morgan fingerprint density at radius 3 is 2.95 bits per heavy atom. The maximum absolute atomic E-state index is 11.7. The van der Waals surface area contributed by atoms with Crippen LogP contribution in [-0.4, -0.2) is 19.1 Å². The minimum absolute atomic E-state index is 0.210. The molecule has 21 heavy (non-hydrogen) atoms. The van der Waals surface area contributed by atoms with Gasteiger partial charge in [0.1, 0.15) is 12.4 Å². The van der Waals surface area contributed by atoms with E-state index in [0.717, 1.165) is 18.6 Å². The van der Waals surface area contributed by atoms with Crippen LogP contribution in [0.1, 0.15) is 34.5 Å². The number of hydrogen-bond donors (Lipinski definition) is 1. The fourth-order valence-corrected chi connectivity index (χ4v) is 2.70. The molecule has 0 bridgehead atoms. The van der Waals surface area contributed by atoms with Crippen LogP contribution in [0.3, 0.4) is 0 Å². The molecule has 110 valence electrons. The van der Waals surface area contributed by atoms with Crippen LogP contribution in [0.5, 0.6) is 5.75 Å². The number of carbonyl (C=O) groups is 1. The van der Waals surface area contributed by atoms with Crippen LogP contribution >= 0.6 is 0 Å². The number of aryl methyl sites for hydroxylation is 1. The summed E-state index contributed by atoms with van der Waals surface area (Å²) in [6.45, 7) is 0.923. The van der Waals surface area contributed by atoms with Crippen molar-refractivity contribution in [2.24, 2.45) is 0 Å². The monoisotopic (exact) mass is 285 g/mol. The molecule has 0 aliphatic heterocycles. The van der Waals surface area contributed by atoms with Crippen LogP contribution in [0.2, 0.25) is 0 Å². The van der Waals surface area contributed by atoms with Gasteiger partial charge in [-0.25, -0.2) is 0 Å². The number of hydrogen-bond acceptors (Lipinski definition) is 3. The summed E-state index contributed by atoms with van der Waals surface area (Å²) >= 11 is 0. The Morgan fingerprint density at radius 1 is 1.19 bits per heavy atom. The average Bonchev–Trinajstić information content (AvgIpc) is 3.06. The van der Waals surface area contributed by atoms with Gasteiger partial charge >= 0.3 is 0 Å². The molecule has 1 aliphatic rings. The van der Waals surface area contributed by atoms with Crippen LogP contribution in [0, 0.1) is 0 Å². The van der Waals surface area contributed by atoms with Gasteiger partial charge in [-0.05, 0) is 55.0 Å². The van der Waals surface area contributed by atoms with E-state index >= 15 is 0 Å². The molecule has 1 aromatic carbocycles. The third kappa shape index (κ3) is 3.27. The zero-order valence-corrected chi connectivity index (χ0v) is 11.9. The molecule has 0 saturated heterocycles. The fourth-order valence-electron chi connectivity index (χ4n) is 2.70. The second kappa shape index (κ2) is 6.48. The lowest BCUT2D eigenvalue weighted by atomic mass is 9.91. The zero-order chi connectivity index (χ0) is 14.5. The molecule has 0 radical (unpaired) electrons. The number of carbonyl (C=O) groups excluding carboxylic acids is 1. The van der Waals surface area contributed by atoms with Gasteiger partial charge in [-0.2, -0.15) is 0 Å². The Kier molecular flexibility index (Phi) is 4.24. The zero-order valence-electron chi connectivity index (χ0n) is 11.9. The highest BCUT2D eigenvalue weighted by atomic mass is 16.5. The minimum atomic E-state index is -0.210. The maximum Gasteiger partial charge on any atom is 0.287 e. The number of ether oxygens (including phenoxy) is 1. The Balaban J connectivity index is 1.51. The molecule has 1 aromatic heterocycles. The molecule has 1 N–H and O–H groups in total. The van der Waals surface area contributed by atoms with E-state index in [0.29, 0.717) is 18.9 Å². The topological polar surface area (TPSA) is 51.5 Å². The standard InChI is InChI=1S/C17H19NO3/c19-17(16-9-4-11-20-16)18-10-12-21-15-8-3-6-13-5-1-2-7-14(13)15/h3-4,6,8-9,11H,1-2,5,7,10,12H2,(H,18,19). The highest BCUT2D eigenvalue weighted by Gasteiger charge is 2.13. The third-order valence-corrected chi connectivity index (χ3v) is 3.74. The van der Waals surface area contributed by atoms with Crippen molar-refractivity contribution in [1.82, 2.24) is 5.32 Å². The SMILES string of the molecule is O=C(NCCOc1cccc2c1CCCC2)c1ccco1. The molecule has 0 unspecified atom stereocenters. The lowest BCUT2D eigenvalue weighted by Gasteiger charge is -2.19. The summed E-state index contributed by atoms with van der Waals surface area (Å²) in [5, 5.41) is 2.78. The van der Waals surface area contributed by atoms with Gasteiger partial charge in [-0.15, -0.1) is 0 Å². The number of furan rings is 1. The number of nitrogens with one attached hydrogen (secondary N) is 1. The third-order valence-electron chi connectivity index (χ3n) is 3.74. The molecule has 1 aliphatic carbocycles. The van der Waals surface area contributed by atoms with Gasteiger partial charge in [-0.3, -0.25) is 4.79 Å². The molecule has 0 atom stereocenters. The fraction of sp³-hybridized carbons (Fsp3) is 0.353. The van der Waals surface area contributed by atoms with E-state index in [1.807, 2.05) is 12.1 Å². The Bertz CT molecular complexity index is 605. The van der Waals surface area contributed by atoms with E-state index in [2.05, 4.69) is 11.4 Å². The molecule has 2 aromatic rings. The van der Waals surface area contributed by atoms with Gasteiger partial charge in [0.05, 0.1) is 12.8 Å². The highest BCUT2D eigenvalue weighted by molar-refractivity contribution is 5.91. The molecular weight excluding hydrogens is 266 g/mol. The number of rotatable bonds is 5. The first-order valence-electron chi connectivity index (χ1n) is 7.40. The first-order valence-corrected chi connectivity index (χ1v) is 7.40. The van der Waals surface area contributed by atoms with Crippen LogP contribution < -0.4 is 10.1 Å². The van der Waals surface area contributed by atoms with E-state index in [9.17, 15) is 4.79 Å². The number of benzene rings is 1. The van der Waals surface area contributed by atoms with E-state index in [1.165, 1.54) is 30.2 Å². The summed E-state index contributed by atoms with van der Waals surface area (Å²) in [5.74, 6) is 1.07. The highest BCUT2D eigenvalue weighted by Crippen LogP contribution is 2.29. The van der Waals surface area contributed by atoms with Crippen LogP contribution in [0.25, 0.3) is 0 Å². The quantitative estimate of drug-likeness (QED) is 0.859. The van der Waals surface area contributed by atoms with Crippen LogP contribution in [0.15, 0.2) is 41.0 Å². The van der Waals surface area contributed by atoms with E-state index in [-0.39, 0.29) is 5.91 Å². The Labute approximate surface area is 124 Å². The second-order valence-electron chi connectivity index (χ2n) is 5.18. The van der Waals surface area contributed by atoms with Crippen molar-refractivity contribution >= 4 is 5.91 Å². The number of fused-ring (bicyclic) bond motifs is 1. The van der Waals surface area contributed by atoms with Crippen molar-refractivity contribution in [2.75, 3.05) is 13.2 Å². The summed E-state index contributed by atoms with van der Waals surface area (Å²) in [6, 6.07) is 9.57. The van der Waals surface area contributed by atoms with Gasteiger partial charge in [0, 0.05) is 0 Å². The van der Waals surface area contributed by atoms with Crippen LogP contribution in [-0.2, 0) is 12.8 Å². The lowest BCUT2D eigenvalue weighted by molar-refractivity contribution is 0.0919. The van der Waals surface area contributed by atoms with Crippen molar-refractivity contribution in [3.63, 3.8) is 0 Å². The molecule has 0 spiro atoms. The van der Waals surface area contributed by atoms with Crippen molar-refractivity contribution in [3.8, 4) is 5.75 Å². The molecule has 3 rings (SSSR count). The van der Waals surface area contributed by atoms with Crippen molar-refractivity contribution in [3.05, 3.63) is 53.5 Å². The predicted molar refractivity (Wildman–Crippen MR) is 79.6 cm³/mol. The van der Waals surface area contributed by atoms with Gasteiger partial charge < -0.3 is 14.5 Å². The summed E-state index contributed by atoms with van der Waals surface area (Å²) < 4.78 is 10.9. The van der Waals surface area contributed by atoms with Gasteiger partial charge in [0.15, 0.2) is 5.76 Å².